The van der Waals surface area contributed by atoms with E-state index in [-0.39, 0.29) is 0 Å². The van der Waals surface area contributed by atoms with Crippen molar-refractivity contribution in [1.82, 2.24) is 0 Å². The van der Waals surface area contributed by atoms with Crippen molar-refractivity contribution < 1.29 is 22.9 Å². The van der Waals surface area contributed by atoms with Gasteiger partial charge in [-0.05, 0) is 49.2 Å². The molecule has 6 nitrogen and oxygen atoms in total. The Balaban J connectivity index is 1.85. The van der Waals surface area contributed by atoms with Gasteiger partial charge in [-0.25, -0.2) is 0 Å². The quantitative estimate of drug-likeness (QED) is 0.233. The van der Waals surface area contributed by atoms with Crippen LogP contribution in [0.2, 0.25) is 0 Å². The monoisotopic (exact) mass is 483 g/mol. The largest absolute Gasteiger partial charge is 0.497 e. The maximum Gasteiger partial charge on any atom is 0.330 e. The van der Waals surface area contributed by atoms with Gasteiger partial charge in [-0.1, -0.05) is 24.3 Å². The number of nitrogens with zero attached hydrogens (tertiary/aromatic N) is 2. The number of aromatic nitrogens is 1. The summed E-state index contributed by atoms with van der Waals surface area (Å²) < 4.78 is 31.3. The fourth-order valence-electron chi connectivity index (χ4n) is 3.87. The first kappa shape index (κ1) is 26.0. The third-order valence-corrected chi connectivity index (χ3v) is 7.77. The second kappa shape index (κ2) is 12.2. The Morgan fingerprint density at radius 3 is 2.29 bits per heavy atom. The Morgan fingerprint density at radius 1 is 0.971 bits per heavy atom. The summed E-state index contributed by atoms with van der Waals surface area (Å²) in [6.07, 6.45) is 7.42. The molecule has 2 aromatic carbocycles. The standard InChI is InChI=1S/C27H36N2O4P/c1-6-32-34(30,33-7-2)20-8-18-29-19-17-23(26-21-25(31-5)15-16-27(26)29)12-9-22-10-13-24(14-11-22)28(3)4/h9-17,19,21H,6-8,18,20H2,1-5H3/q+1. The van der Waals surface area contributed by atoms with Gasteiger partial charge in [0.05, 0.1) is 31.9 Å². The number of methoxy groups -OCH3 is 1. The SMILES string of the molecule is CCOP(=O)(CCC[n+]1ccc(/C=C/c2ccc(N(C)C)cc2)c2cc(OC)ccc21)OCC. The molecule has 0 amide bonds. The summed E-state index contributed by atoms with van der Waals surface area (Å²) in [4.78, 5) is 2.09. The molecule has 34 heavy (non-hydrogen) atoms. The van der Waals surface area contributed by atoms with Crippen molar-refractivity contribution >= 4 is 36.3 Å². The second-order valence-electron chi connectivity index (χ2n) is 8.19. The summed E-state index contributed by atoms with van der Waals surface area (Å²) >= 11 is 0. The lowest BCUT2D eigenvalue weighted by Gasteiger charge is -2.16. The number of benzene rings is 2. The minimum absolute atomic E-state index is 0.381. The van der Waals surface area contributed by atoms with E-state index in [2.05, 4.69) is 70.3 Å². The average molecular weight is 484 g/mol. The average Bonchev–Trinajstić information content (AvgIpc) is 2.83. The number of hydrogen-bond donors (Lipinski definition) is 0. The van der Waals surface area contributed by atoms with E-state index in [1.807, 2.05) is 34.0 Å². The van der Waals surface area contributed by atoms with E-state index in [4.69, 9.17) is 13.8 Å². The zero-order chi connectivity index (χ0) is 24.6. The van der Waals surface area contributed by atoms with Crippen molar-refractivity contribution in [1.29, 1.82) is 0 Å². The van der Waals surface area contributed by atoms with Crippen LogP contribution in [0.25, 0.3) is 23.1 Å². The van der Waals surface area contributed by atoms with Crippen molar-refractivity contribution in [3.8, 4) is 5.75 Å². The van der Waals surface area contributed by atoms with E-state index in [9.17, 15) is 4.57 Å². The number of aryl methyl sites for hydroxylation is 1. The molecule has 0 aliphatic rings. The summed E-state index contributed by atoms with van der Waals surface area (Å²) in [7, 11) is 2.71. The first-order valence-corrected chi connectivity index (χ1v) is 13.5. The third-order valence-electron chi connectivity index (χ3n) is 5.61. The molecular weight excluding hydrogens is 447 g/mol. The molecule has 0 spiro atoms. The first-order chi connectivity index (χ1) is 16.4. The van der Waals surface area contributed by atoms with Crippen molar-refractivity contribution in [2.24, 2.45) is 0 Å². The van der Waals surface area contributed by atoms with Crippen LogP contribution in [0.1, 0.15) is 31.4 Å². The van der Waals surface area contributed by atoms with Gasteiger partial charge in [-0.15, -0.1) is 0 Å². The summed E-state index contributed by atoms with van der Waals surface area (Å²) in [5, 5.41) is 1.10. The zero-order valence-corrected chi connectivity index (χ0v) is 21.8. The van der Waals surface area contributed by atoms with E-state index in [1.54, 1.807) is 7.11 Å². The molecule has 0 aliphatic heterocycles. The zero-order valence-electron chi connectivity index (χ0n) is 20.9. The summed E-state index contributed by atoms with van der Waals surface area (Å²) in [6.45, 7) is 5.15. The minimum atomic E-state index is -3.04. The lowest BCUT2D eigenvalue weighted by Crippen LogP contribution is -2.34. The molecule has 1 heterocycles. The Kier molecular flexibility index (Phi) is 9.28. The Hall–Kier alpha value is -2.66. The highest BCUT2D eigenvalue weighted by atomic mass is 31.2. The predicted octanol–water partition coefficient (Wildman–Crippen LogP) is 6.03. The third kappa shape index (κ3) is 6.69. The van der Waals surface area contributed by atoms with Crippen molar-refractivity contribution in [2.75, 3.05) is 45.5 Å². The maximum atomic E-state index is 12.8. The fraction of sp³-hybridized carbons (Fsp3) is 0.370. The van der Waals surface area contributed by atoms with E-state index < -0.39 is 7.60 Å². The predicted molar refractivity (Wildman–Crippen MR) is 141 cm³/mol. The van der Waals surface area contributed by atoms with Gasteiger partial charge in [-0.3, -0.25) is 4.57 Å². The molecule has 7 heteroatoms. The van der Waals surface area contributed by atoms with Gasteiger partial charge in [0, 0.05) is 38.3 Å². The van der Waals surface area contributed by atoms with Crippen LogP contribution in [0.5, 0.6) is 5.75 Å². The highest BCUT2D eigenvalue weighted by Crippen LogP contribution is 2.48. The Morgan fingerprint density at radius 2 is 1.68 bits per heavy atom. The van der Waals surface area contributed by atoms with Crippen molar-refractivity contribution in [3.05, 3.63) is 65.9 Å². The molecule has 0 radical (unpaired) electrons. The van der Waals surface area contributed by atoms with Gasteiger partial charge < -0.3 is 18.7 Å². The molecule has 0 aliphatic carbocycles. The van der Waals surface area contributed by atoms with Crippen LogP contribution in [0.4, 0.5) is 5.69 Å². The second-order valence-corrected chi connectivity index (χ2v) is 10.4. The van der Waals surface area contributed by atoms with Crippen molar-refractivity contribution in [3.63, 3.8) is 0 Å². The summed E-state index contributed by atoms with van der Waals surface area (Å²) in [5.74, 6) is 0.812. The number of pyridine rings is 1. The van der Waals surface area contributed by atoms with E-state index in [0.717, 1.165) is 27.8 Å². The van der Waals surface area contributed by atoms with Gasteiger partial charge >= 0.3 is 7.60 Å². The molecule has 182 valence electrons. The summed E-state index contributed by atoms with van der Waals surface area (Å²) in [5.41, 5.74) is 4.51. The van der Waals surface area contributed by atoms with E-state index in [1.165, 1.54) is 5.69 Å². The van der Waals surface area contributed by atoms with Crippen LogP contribution in [-0.2, 0) is 20.2 Å². The van der Waals surface area contributed by atoms with Gasteiger partial charge in [-0.2, -0.15) is 4.57 Å². The molecule has 0 atom stereocenters. The van der Waals surface area contributed by atoms with Crippen LogP contribution in [0, 0.1) is 0 Å². The van der Waals surface area contributed by atoms with Gasteiger partial charge in [0.2, 0.25) is 5.52 Å². The molecule has 0 N–H and O–H groups in total. The number of fused-ring (bicyclic) bond motifs is 1. The molecule has 3 aromatic rings. The number of hydrogen-bond acceptors (Lipinski definition) is 5. The van der Waals surface area contributed by atoms with E-state index >= 15 is 0 Å². The normalized spacial score (nSPS) is 11.9. The lowest BCUT2D eigenvalue weighted by molar-refractivity contribution is -0.671. The molecule has 0 bridgehead atoms. The van der Waals surface area contributed by atoms with Crippen LogP contribution in [-0.4, -0.2) is 40.6 Å². The number of rotatable bonds is 12. The van der Waals surface area contributed by atoms with Crippen LogP contribution in [0.15, 0.2) is 54.7 Å². The number of ether oxygens (including phenoxy) is 1. The van der Waals surface area contributed by atoms with Gasteiger partial charge in [0.1, 0.15) is 12.3 Å². The van der Waals surface area contributed by atoms with Gasteiger partial charge in [0.25, 0.3) is 0 Å². The molecule has 3 rings (SSSR count). The molecule has 0 saturated heterocycles. The number of anilines is 1. The molecule has 0 saturated carbocycles. The molecule has 1 aromatic heterocycles. The van der Waals surface area contributed by atoms with Crippen molar-refractivity contribution in [2.45, 2.75) is 26.8 Å². The molecule has 0 unspecified atom stereocenters. The fourth-order valence-corrected chi connectivity index (χ4v) is 5.52. The topological polar surface area (TPSA) is 51.9 Å². The molecular formula is C27H36N2O4P+. The lowest BCUT2D eigenvalue weighted by atomic mass is 10.1. The smallest absolute Gasteiger partial charge is 0.330 e. The Bertz CT molecular complexity index is 1150. The van der Waals surface area contributed by atoms with Crippen LogP contribution in [0.3, 0.4) is 0 Å². The summed E-state index contributed by atoms with van der Waals surface area (Å²) in [6, 6.07) is 16.7. The highest BCUT2D eigenvalue weighted by molar-refractivity contribution is 7.53. The highest BCUT2D eigenvalue weighted by Gasteiger charge is 2.24. The minimum Gasteiger partial charge on any atom is -0.497 e. The van der Waals surface area contributed by atoms with E-state index in [0.29, 0.717) is 32.3 Å². The maximum absolute atomic E-state index is 12.8. The van der Waals surface area contributed by atoms with Crippen LogP contribution >= 0.6 is 7.60 Å². The van der Waals surface area contributed by atoms with Crippen LogP contribution < -0.4 is 14.2 Å². The van der Waals surface area contributed by atoms with Gasteiger partial charge in [0.15, 0.2) is 6.20 Å². The molecule has 0 fully saturated rings. The Labute approximate surface area is 203 Å². The first-order valence-electron chi connectivity index (χ1n) is 11.7.